The Labute approximate surface area is 109 Å². The second-order valence-electron chi connectivity index (χ2n) is 5.55. The van der Waals surface area contributed by atoms with Crippen LogP contribution in [0.1, 0.15) is 56.6 Å². The lowest BCUT2D eigenvalue weighted by Gasteiger charge is -2.13. The Morgan fingerprint density at radius 1 is 1.17 bits per heavy atom. The van der Waals surface area contributed by atoms with E-state index in [0.29, 0.717) is 5.92 Å². The summed E-state index contributed by atoms with van der Waals surface area (Å²) in [5, 5.41) is 0. The summed E-state index contributed by atoms with van der Waals surface area (Å²) in [6, 6.07) is 0. The maximum Gasteiger partial charge on any atom is 0.147 e. The predicted molar refractivity (Wildman–Crippen MR) is 74.3 cm³/mol. The van der Waals surface area contributed by atoms with Crippen LogP contribution in [0.3, 0.4) is 0 Å². The van der Waals surface area contributed by atoms with Crippen LogP contribution in [0.4, 0.5) is 5.82 Å². The summed E-state index contributed by atoms with van der Waals surface area (Å²) in [5.74, 6) is 8.08. The summed E-state index contributed by atoms with van der Waals surface area (Å²) in [5.41, 5.74) is 5.22. The van der Waals surface area contributed by atoms with Crippen molar-refractivity contribution in [2.75, 3.05) is 5.43 Å². The molecule has 2 rings (SSSR count). The van der Waals surface area contributed by atoms with Crippen LogP contribution < -0.4 is 11.3 Å². The Bertz CT molecular complexity index is 401. The molecule has 1 heterocycles. The van der Waals surface area contributed by atoms with E-state index in [9.17, 15) is 0 Å². The third-order valence-corrected chi connectivity index (χ3v) is 3.56. The lowest BCUT2D eigenvalue weighted by atomic mass is 10.1. The number of nitrogen functional groups attached to an aromatic ring is 1. The number of aromatic nitrogens is 2. The van der Waals surface area contributed by atoms with E-state index in [0.717, 1.165) is 37.3 Å². The SMILES string of the molecule is CC(C)CCc1nc2c(c(NN)n1)CCCCC2. The van der Waals surface area contributed by atoms with Crippen LogP contribution in [0.25, 0.3) is 0 Å². The molecule has 0 unspecified atom stereocenters. The summed E-state index contributed by atoms with van der Waals surface area (Å²) >= 11 is 0. The molecular weight excluding hydrogens is 224 g/mol. The minimum absolute atomic E-state index is 0.682. The molecule has 0 saturated heterocycles. The molecule has 1 aliphatic carbocycles. The van der Waals surface area contributed by atoms with Gasteiger partial charge in [0.25, 0.3) is 0 Å². The first-order chi connectivity index (χ1) is 8.70. The van der Waals surface area contributed by atoms with Crippen LogP contribution in [0, 0.1) is 5.92 Å². The molecule has 0 bridgehead atoms. The number of hydrazine groups is 1. The molecule has 1 aliphatic rings. The lowest BCUT2D eigenvalue weighted by Crippen LogP contribution is -2.15. The molecule has 4 nitrogen and oxygen atoms in total. The molecule has 0 fully saturated rings. The minimum atomic E-state index is 0.682. The zero-order valence-corrected chi connectivity index (χ0v) is 11.5. The molecule has 4 heteroatoms. The van der Waals surface area contributed by atoms with E-state index in [1.165, 1.54) is 30.5 Å². The van der Waals surface area contributed by atoms with Gasteiger partial charge in [-0.1, -0.05) is 20.3 Å². The minimum Gasteiger partial charge on any atom is -0.308 e. The third kappa shape index (κ3) is 3.19. The van der Waals surface area contributed by atoms with Gasteiger partial charge in [-0.2, -0.15) is 0 Å². The van der Waals surface area contributed by atoms with Crippen LogP contribution in [0.5, 0.6) is 0 Å². The molecule has 0 saturated carbocycles. The number of fused-ring (bicyclic) bond motifs is 1. The zero-order valence-electron chi connectivity index (χ0n) is 11.5. The van der Waals surface area contributed by atoms with Gasteiger partial charge in [0.15, 0.2) is 0 Å². The summed E-state index contributed by atoms with van der Waals surface area (Å²) in [6.07, 6.45) is 7.93. The summed E-state index contributed by atoms with van der Waals surface area (Å²) in [6.45, 7) is 4.46. The van der Waals surface area contributed by atoms with Gasteiger partial charge in [0, 0.05) is 17.7 Å². The Hall–Kier alpha value is -1.16. The van der Waals surface area contributed by atoms with Crippen molar-refractivity contribution in [3.8, 4) is 0 Å². The van der Waals surface area contributed by atoms with E-state index in [1.54, 1.807) is 0 Å². The number of nitrogens with zero attached hydrogens (tertiary/aromatic N) is 2. The molecule has 3 N–H and O–H groups in total. The molecule has 0 aromatic carbocycles. The summed E-state index contributed by atoms with van der Waals surface area (Å²) < 4.78 is 0. The number of aryl methyl sites for hydroxylation is 2. The van der Waals surface area contributed by atoms with Gasteiger partial charge in [-0.15, -0.1) is 0 Å². The quantitative estimate of drug-likeness (QED) is 0.488. The van der Waals surface area contributed by atoms with Gasteiger partial charge in [0.1, 0.15) is 11.6 Å². The Kier molecular flexibility index (Phi) is 4.53. The van der Waals surface area contributed by atoms with Crippen molar-refractivity contribution < 1.29 is 0 Å². The van der Waals surface area contributed by atoms with Gasteiger partial charge < -0.3 is 5.43 Å². The van der Waals surface area contributed by atoms with Crippen molar-refractivity contribution in [1.82, 2.24) is 9.97 Å². The van der Waals surface area contributed by atoms with Crippen molar-refractivity contribution in [2.24, 2.45) is 11.8 Å². The maximum atomic E-state index is 5.61. The van der Waals surface area contributed by atoms with Crippen molar-refractivity contribution in [3.63, 3.8) is 0 Å². The molecular formula is C14H24N4. The van der Waals surface area contributed by atoms with E-state index < -0.39 is 0 Å². The topological polar surface area (TPSA) is 63.8 Å². The van der Waals surface area contributed by atoms with E-state index >= 15 is 0 Å². The molecule has 1 aromatic rings. The van der Waals surface area contributed by atoms with Crippen LogP contribution in [-0.4, -0.2) is 9.97 Å². The van der Waals surface area contributed by atoms with E-state index in [2.05, 4.69) is 24.3 Å². The second-order valence-corrected chi connectivity index (χ2v) is 5.55. The number of rotatable bonds is 4. The Morgan fingerprint density at radius 3 is 2.67 bits per heavy atom. The summed E-state index contributed by atoms with van der Waals surface area (Å²) in [4.78, 5) is 9.32. The van der Waals surface area contributed by atoms with Crippen molar-refractivity contribution in [3.05, 3.63) is 17.1 Å². The second kappa shape index (κ2) is 6.14. The van der Waals surface area contributed by atoms with Crippen molar-refractivity contribution >= 4 is 5.82 Å². The monoisotopic (exact) mass is 248 g/mol. The van der Waals surface area contributed by atoms with Crippen LogP contribution in [0.15, 0.2) is 0 Å². The molecule has 0 radical (unpaired) electrons. The van der Waals surface area contributed by atoms with E-state index in [1.807, 2.05) is 0 Å². The summed E-state index contributed by atoms with van der Waals surface area (Å²) in [7, 11) is 0. The van der Waals surface area contributed by atoms with Crippen molar-refractivity contribution in [1.29, 1.82) is 0 Å². The van der Waals surface area contributed by atoms with E-state index in [4.69, 9.17) is 10.8 Å². The Morgan fingerprint density at radius 2 is 1.94 bits per heavy atom. The molecule has 0 amide bonds. The van der Waals surface area contributed by atoms with Gasteiger partial charge in [0.2, 0.25) is 0 Å². The van der Waals surface area contributed by atoms with Crippen LogP contribution in [-0.2, 0) is 19.3 Å². The fourth-order valence-electron chi connectivity index (χ4n) is 2.47. The normalized spacial score (nSPS) is 15.3. The standard InChI is InChI=1S/C14H24N4/c1-10(2)8-9-13-16-12-7-5-3-4-6-11(12)14(17-13)18-15/h10H,3-9,15H2,1-2H3,(H,16,17,18). The highest BCUT2D eigenvalue weighted by atomic mass is 15.3. The number of hydrogen-bond donors (Lipinski definition) is 2. The lowest BCUT2D eigenvalue weighted by molar-refractivity contribution is 0.573. The average Bonchev–Trinajstić information content (AvgIpc) is 2.60. The highest BCUT2D eigenvalue weighted by Crippen LogP contribution is 2.24. The Balaban J connectivity index is 2.25. The third-order valence-electron chi connectivity index (χ3n) is 3.56. The number of anilines is 1. The first-order valence-electron chi connectivity index (χ1n) is 7.06. The van der Waals surface area contributed by atoms with Gasteiger partial charge >= 0.3 is 0 Å². The number of hydrogen-bond acceptors (Lipinski definition) is 4. The van der Waals surface area contributed by atoms with E-state index in [-0.39, 0.29) is 0 Å². The molecule has 100 valence electrons. The average molecular weight is 248 g/mol. The molecule has 0 aliphatic heterocycles. The van der Waals surface area contributed by atoms with Gasteiger partial charge in [-0.3, -0.25) is 0 Å². The van der Waals surface area contributed by atoms with Gasteiger partial charge in [-0.05, 0) is 38.0 Å². The first-order valence-corrected chi connectivity index (χ1v) is 7.06. The highest BCUT2D eigenvalue weighted by molar-refractivity contribution is 5.46. The molecule has 0 spiro atoms. The smallest absolute Gasteiger partial charge is 0.147 e. The molecule has 1 aromatic heterocycles. The molecule has 0 atom stereocenters. The number of nitrogens with two attached hydrogens (primary N) is 1. The van der Waals surface area contributed by atoms with Gasteiger partial charge in [0.05, 0.1) is 0 Å². The van der Waals surface area contributed by atoms with Crippen LogP contribution >= 0.6 is 0 Å². The fraction of sp³-hybridized carbons (Fsp3) is 0.714. The van der Waals surface area contributed by atoms with Crippen LogP contribution in [0.2, 0.25) is 0 Å². The zero-order chi connectivity index (χ0) is 13.0. The highest BCUT2D eigenvalue weighted by Gasteiger charge is 2.16. The predicted octanol–water partition coefficient (Wildman–Crippen LogP) is 2.62. The van der Waals surface area contributed by atoms with Gasteiger partial charge in [-0.25, -0.2) is 15.8 Å². The van der Waals surface area contributed by atoms with Crippen molar-refractivity contribution in [2.45, 2.75) is 58.8 Å². The fourth-order valence-corrected chi connectivity index (χ4v) is 2.47. The molecule has 18 heavy (non-hydrogen) atoms. The number of nitrogens with one attached hydrogen (secondary N) is 1. The largest absolute Gasteiger partial charge is 0.308 e. The maximum absolute atomic E-state index is 5.61. The first kappa shape index (κ1) is 13.3.